The molecule has 0 spiro atoms. The Kier molecular flexibility index (Phi) is 6.01. The van der Waals surface area contributed by atoms with Crippen molar-refractivity contribution in [1.82, 2.24) is 0 Å². The van der Waals surface area contributed by atoms with Crippen LogP contribution in [0.5, 0.6) is 5.75 Å². The molecule has 0 radical (unpaired) electrons. The molecule has 5 heteroatoms. The normalized spacial score (nSPS) is 11.4. The van der Waals surface area contributed by atoms with Crippen LogP contribution in [0.15, 0.2) is 18.2 Å². The standard InChI is InChI=1S/C10H11ClO3.Mg/c1-6-5-8(11)3-4-9(6)14-7(2)10(12)13;/h3-5,7H,1-2H3,(H,12,13);/q;+2/p-1. The number of benzene rings is 1. The molecule has 1 unspecified atom stereocenters. The van der Waals surface area contributed by atoms with E-state index in [1.165, 1.54) is 6.92 Å². The second-order valence-electron chi connectivity index (χ2n) is 2.99. The molecule has 0 aliphatic heterocycles. The Labute approximate surface area is 110 Å². The molecule has 0 saturated heterocycles. The first-order valence-corrected chi connectivity index (χ1v) is 4.52. The van der Waals surface area contributed by atoms with E-state index in [9.17, 15) is 9.90 Å². The summed E-state index contributed by atoms with van der Waals surface area (Å²) in [5.41, 5.74) is 0.797. The average molecular weight is 238 g/mol. The van der Waals surface area contributed by atoms with Crippen molar-refractivity contribution in [2.45, 2.75) is 20.0 Å². The van der Waals surface area contributed by atoms with Crippen molar-refractivity contribution in [3.05, 3.63) is 28.8 Å². The van der Waals surface area contributed by atoms with Gasteiger partial charge in [-0.15, -0.1) is 0 Å². The van der Waals surface area contributed by atoms with Crippen molar-refractivity contribution >= 4 is 40.6 Å². The van der Waals surface area contributed by atoms with Gasteiger partial charge in [-0.05, 0) is 37.6 Å². The van der Waals surface area contributed by atoms with Crippen molar-refractivity contribution in [2.75, 3.05) is 0 Å². The topological polar surface area (TPSA) is 49.4 Å². The molecule has 0 aromatic heterocycles. The van der Waals surface area contributed by atoms with E-state index in [0.717, 1.165) is 5.56 Å². The molecule has 0 amide bonds. The number of ether oxygens (including phenoxy) is 1. The zero-order valence-electron chi connectivity index (χ0n) is 8.62. The molecule has 0 N–H and O–H groups in total. The molecule has 1 aromatic carbocycles. The average Bonchev–Trinajstić information content (AvgIpc) is 2.09. The van der Waals surface area contributed by atoms with Gasteiger partial charge in [0, 0.05) is 5.02 Å². The predicted molar refractivity (Wildman–Crippen MR) is 57.0 cm³/mol. The van der Waals surface area contributed by atoms with Gasteiger partial charge in [-0.3, -0.25) is 0 Å². The molecule has 1 aromatic rings. The van der Waals surface area contributed by atoms with E-state index >= 15 is 0 Å². The zero-order valence-corrected chi connectivity index (χ0v) is 10.8. The minimum absolute atomic E-state index is 0. The number of aliphatic carboxylic acids is 1. The number of aryl methyl sites for hydroxylation is 1. The molecule has 1 atom stereocenters. The minimum Gasteiger partial charge on any atom is -0.546 e. The molecule has 0 fully saturated rings. The van der Waals surface area contributed by atoms with Crippen LogP contribution in [0.4, 0.5) is 0 Å². The maximum Gasteiger partial charge on any atom is 2.00 e. The van der Waals surface area contributed by atoms with Gasteiger partial charge < -0.3 is 14.6 Å². The molecule has 76 valence electrons. The van der Waals surface area contributed by atoms with Gasteiger partial charge in [0.25, 0.3) is 0 Å². The Balaban J connectivity index is 0.00000196. The summed E-state index contributed by atoms with van der Waals surface area (Å²) in [6, 6.07) is 4.99. The van der Waals surface area contributed by atoms with Gasteiger partial charge in [0.2, 0.25) is 0 Å². The van der Waals surface area contributed by atoms with E-state index in [-0.39, 0.29) is 23.1 Å². The third-order valence-corrected chi connectivity index (χ3v) is 2.01. The molecule has 1 rings (SSSR count). The van der Waals surface area contributed by atoms with Crippen LogP contribution in [0.2, 0.25) is 5.02 Å². The number of hydrogen-bond acceptors (Lipinski definition) is 3. The van der Waals surface area contributed by atoms with Gasteiger partial charge in [0.05, 0.1) is 5.97 Å². The number of carbonyl (C=O) groups is 1. The van der Waals surface area contributed by atoms with Crippen molar-refractivity contribution < 1.29 is 14.6 Å². The second kappa shape index (κ2) is 6.20. The maximum absolute atomic E-state index is 10.4. The third kappa shape index (κ3) is 4.28. The van der Waals surface area contributed by atoms with Crippen LogP contribution in [-0.2, 0) is 4.79 Å². The summed E-state index contributed by atoms with van der Waals surface area (Å²) in [6.07, 6.45) is -0.963. The van der Waals surface area contributed by atoms with Gasteiger partial charge in [0.15, 0.2) is 0 Å². The van der Waals surface area contributed by atoms with E-state index < -0.39 is 12.1 Å². The largest absolute Gasteiger partial charge is 2.00 e. The van der Waals surface area contributed by atoms with Gasteiger partial charge in [-0.1, -0.05) is 11.6 Å². The van der Waals surface area contributed by atoms with Crippen LogP contribution in [0, 0.1) is 6.92 Å². The van der Waals surface area contributed by atoms with Crippen LogP contribution in [0.3, 0.4) is 0 Å². The van der Waals surface area contributed by atoms with Crippen molar-refractivity contribution in [2.24, 2.45) is 0 Å². The second-order valence-corrected chi connectivity index (χ2v) is 3.43. The summed E-state index contributed by atoms with van der Waals surface area (Å²) in [6.45, 7) is 3.21. The molecule has 0 bridgehead atoms. The SMILES string of the molecule is Cc1cc(Cl)ccc1OC(C)C(=O)[O-].[Mg+2]. The number of halogens is 1. The fourth-order valence-electron chi connectivity index (χ4n) is 0.984. The molecule has 0 saturated carbocycles. The summed E-state index contributed by atoms with van der Waals surface area (Å²) >= 11 is 5.73. The number of carboxylic acids is 1. The van der Waals surface area contributed by atoms with Gasteiger partial charge in [-0.2, -0.15) is 0 Å². The first kappa shape index (κ1) is 14.5. The van der Waals surface area contributed by atoms with E-state index in [0.29, 0.717) is 10.8 Å². The Bertz CT molecular complexity index is 355. The smallest absolute Gasteiger partial charge is 0.546 e. The monoisotopic (exact) mass is 237 g/mol. The van der Waals surface area contributed by atoms with Crippen molar-refractivity contribution in [3.63, 3.8) is 0 Å². The Hall–Kier alpha value is -0.454. The fourth-order valence-corrected chi connectivity index (χ4v) is 1.21. The molecule has 0 aliphatic rings. The first-order valence-electron chi connectivity index (χ1n) is 4.14. The number of carbonyl (C=O) groups excluding carboxylic acids is 1. The van der Waals surface area contributed by atoms with Crippen molar-refractivity contribution in [3.8, 4) is 5.75 Å². The van der Waals surface area contributed by atoms with E-state index in [1.54, 1.807) is 25.1 Å². The van der Waals surface area contributed by atoms with E-state index in [2.05, 4.69) is 0 Å². The van der Waals surface area contributed by atoms with E-state index in [1.807, 2.05) is 0 Å². The summed E-state index contributed by atoms with van der Waals surface area (Å²) in [7, 11) is 0. The molecular weight excluding hydrogens is 228 g/mol. The summed E-state index contributed by atoms with van der Waals surface area (Å²) < 4.78 is 5.14. The van der Waals surface area contributed by atoms with Crippen molar-refractivity contribution in [1.29, 1.82) is 0 Å². The Morgan fingerprint density at radius 2 is 2.13 bits per heavy atom. The van der Waals surface area contributed by atoms with E-state index in [4.69, 9.17) is 16.3 Å². The zero-order chi connectivity index (χ0) is 10.7. The summed E-state index contributed by atoms with van der Waals surface area (Å²) in [5, 5.41) is 11.0. The minimum atomic E-state index is -1.24. The Morgan fingerprint density at radius 1 is 1.53 bits per heavy atom. The van der Waals surface area contributed by atoms with Crippen LogP contribution in [-0.4, -0.2) is 35.1 Å². The third-order valence-electron chi connectivity index (χ3n) is 1.77. The quantitative estimate of drug-likeness (QED) is 0.731. The summed E-state index contributed by atoms with van der Waals surface area (Å²) in [4.78, 5) is 10.4. The van der Waals surface area contributed by atoms with Gasteiger partial charge in [0.1, 0.15) is 11.9 Å². The first-order chi connectivity index (χ1) is 6.50. The van der Waals surface area contributed by atoms with Gasteiger partial charge in [-0.25, -0.2) is 0 Å². The van der Waals surface area contributed by atoms with Crippen LogP contribution in [0.1, 0.15) is 12.5 Å². The predicted octanol–water partition coefficient (Wildman–Crippen LogP) is 0.785. The number of rotatable bonds is 3. The number of hydrogen-bond donors (Lipinski definition) is 0. The molecule has 0 heterocycles. The summed E-state index contributed by atoms with van der Waals surface area (Å²) in [5.74, 6) is -0.731. The van der Waals surface area contributed by atoms with Crippen LogP contribution >= 0.6 is 11.6 Å². The fraction of sp³-hybridized carbons (Fsp3) is 0.300. The Morgan fingerprint density at radius 3 is 2.60 bits per heavy atom. The van der Waals surface area contributed by atoms with Crippen LogP contribution in [0.25, 0.3) is 0 Å². The number of carboxylic acid groups (broad SMARTS) is 1. The molecule has 0 aliphatic carbocycles. The van der Waals surface area contributed by atoms with Gasteiger partial charge >= 0.3 is 23.1 Å². The molecular formula is C10H10ClMgO3+. The molecule has 15 heavy (non-hydrogen) atoms. The molecule has 3 nitrogen and oxygen atoms in total. The van der Waals surface area contributed by atoms with Crippen LogP contribution < -0.4 is 9.84 Å². The maximum atomic E-state index is 10.4.